The predicted octanol–water partition coefficient (Wildman–Crippen LogP) is 3.94. The highest BCUT2D eigenvalue weighted by Gasteiger charge is 2.82. The van der Waals surface area contributed by atoms with Crippen LogP contribution in [0.1, 0.15) is 43.9 Å². The van der Waals surface area contributed by atoms with Gasteiger partial charge in [-0.15, -0.1) is 0 Å². The molecule has 1 aromatic carbocycles. The number of piperidine rings is 1. The Morgan fingerprint density at radius 3 is 3.04 bits per heavy atom. The molecule has 0 bridgehead atoms. The van der Waals surface area contributed by atoms with E-state index in [0.717, 1.165) is 35.5 Å². The molecule has 2 aliphatic carbocycles. The first-order valence-electron chi connectivity index (χ1n) is 9.67. The van der Waals surface area contributed by atoms with Crippen molar-refractivity contribution in [1.29, 1.82) is 0 Å². The van der Waals surface area contributed by atoms with Crippen molar-refractivity contribution in [3.05, 3.63) is 29.5 Å². The van der Waals surface area contributed by atoms with Crippen LogP contribution in [0.4, 0.5) is 0 Å². The van der Waals surface area contributed by atoms with Crippen LogP contribution in [0.3, 0.4) is 0 Å². The quantitative estimate of drug-likeness (QED) is 0.848. The van der Waals surface area contributed by atoms with Gasteiger partial charge in [-0.05, 0) is 54.4 Å². The highest BCUT2D eigenvalue weighted by molar-refractivity contribution is 5.86. The summed E-state index contributed by atoms with van der Waals surface area (Å²) in [5.41, 5.74) is 5.01. The molecule has 126 valence electrons. The number of H-pyrrole nitrogens is 1. The van der Waals surface area contributed by atoms with E-state index in [9.17, 15) is 0 Å². The molecule has 2 aliphatic heterocycles. The summed E-state index contributed by atoms with van der Waals surface area (Å²) < 4.78 is 5.47. The minimum Gasteiger partial charge on any atom is -0.497 e. The van der Waals surface area contributed by atoms with Gasteiger partial charge in [0.05, 0.1) is 7.11 Å². The number of methoxy groups -OCH3 is 1. The second kappa shape index (κ2) is 4.19. The Hall–Kier alpha value is -1.48. The van der Waals surface area contributed by atoms with Crippen LogP contribution in [0.5, 0.6) is 5.75 Å². The van der Waals surface area contributed by atoms with Crippen molar-refractivity contribution in [1.82, 2.24) is 9.88 Å². The van der Waals surface area contributed by atoms with Gasteiger partial charge in [-0.2, -0.15) is 0 Å². The number of aromatic nitrogens is 1. The molecule has 0 amide bonds. The molecule has 24 heavy (non-hydrogen) atoms. The summed E-state index contributed by atoms with van der Waals surface area (Å²) in [4.78, 5) is 6.71. The Kier molecular flexibility index (Phi) is 2.40. The van der Waals surface area contributed by atoms with E-state index in [-0.39, 0.29) is 0 Å². The van der Waals surface area contributed by atoms with Gasteiger partial charge in [-0.25, -0.2) is 0 Å². The standard InChI is InChI=1S/C21H26N2O/c1-4-16-11(2)17-10-15-19-13(7-8-23-20(15)21(16,17)23)14-9-12(24-3)5-6-18(14)22-19/h5-6,9,11,15-17,20,22H,4,7-8,10H2,1-3H3/t11-,15+,16+,17-,20?,21?,23-/m1/s1. The third kappa shape index (κ3) is 1.27. The lowest BCUT2D eigenvalue weighted by atomic mass is 9.56. The van der Waals surface area contributed by atoms with Gasteiger partial charge in [0.1, 0.15) is 5.75 Å². The molecule has 3 heteroatoms. The molecule has 6 rings (SSSR count). The van der Waals surface area contributed by atoms with Gasteiger partial charge in [-0.1, -0.05) is 20.3 Å². The van der Waals surface area contributed by atoms with Gasteiger partial charge >= 0.3 is 0 Å². The van der Waals surface area contributed by atoms with Crippen molar-refractivity contribution in [2.45, 2.75) is 50.6 Å². The molecule has 7 atom stereocenters. The molecule has 1 aromatic heterocycles. The Bertz CT molecular complexity index is 855. The minimum absolute atomic E-state index is 0.589. The summed E-state index contributed by atoms with van der Waals surface area (Å²) >= 11 is 0. The van der Waals surface area contributed by atoms with E-state index in [1.54, 1.807) is 18.4 Å². The van der Waals surface area contributed by atoms with E-state index < -0.39 is 0 Å². The van der Waals surface area contributed by atoms with E-state index in [2.05, 4.69) is 41.9 Å². The summed E-state index contributed by atoms with van der Waals surface area (Å²) in [6.45, 7) is 6.16. The Labute approximate surface area is 143 Å². The maximum absolute atomic E-state index is 5.47. The van der Waals surface area contributed by atoms with Crippen LogP contribution in [-0.2, 0) is 6.42 Å². The van der Waals surface area contributed by atoms with Crippen LogP contribution in [0.25, 0.3) is 10.9 Å². The van der Waals surface area contributed by atoms with E-state index in [1.807, 2.05) is 0 Å². The summed E-state index contributed by atoms with van der Waals surface area (Å²) in [6.07, 6.45) is 3.94. The summed E-state index contributed by atoms with van der Waals surface area (Å²) in [6, 6.07) is 7.33. The van der Waals surface area contributed by atoms with Crippen molar-refractivity contribution in [3.63, 3.8) is 0 Å². The van der Waals surface area contributed by atoms with Gasteiger partial charge in [0.15, 0.2) is 0 Å². The van der Waals surface area contributed by atoms with Gasteiger partial charge in [0, 0.05) is 40.6 Å². The van der Waals surface area contributed by atoms with Crippen molar-refractivity contribution < 1.29 is 4.74 Å². The van der Waals surface area contributed by atoms with Crippen LogP contribution in [0, 0.1) is 17.8 Å². The van der Waals surface area contributed by atoms with Gasteiger partial charge in [-0.3, -0.25) is 4.90 Å². The SMILES string of the molecule is CC[C@H]1[C@@H](C)[C@H]2C[C@H]3c4[nH]c5ccc(OC)cc5c4CC[N@]4C3C214. The van der Waals surface area contributed by atoms with E-state index in [1.165, 1.54) is 36.7 Å². The molecule has 4 aliphatic rings. The van der Waals surface area contributed by atoms with Gasteiger partial charge in [0.25, 0.3) is 0 Å². The number of aromatic amines is 1. The van der Waals surface area contributed by atoms with Gasteiger partial charge < -0.3 is 9.72 Å². The Morgan fingerprint density at radius 1 is 1.38 bits per heavy atom. The molecular formula is C21H26N2O. The lowest BCUT2D eigenvalue weighted by Crippen LogP contribution is -2.54. The largest absolute Gasteiger partial charge is 0.497 e. The Morgan fingerprint density at radius 2 is 2.25 bits per heavy atom. The number of hydrogen-bond acceptors (Lipinski definition) is 2. The zero-order valence-electron chi connectivity index (χ0n) is 14.8. The summed E-state index contributed by atoms with van der Waals surface area (Å²) in [5, 5.41) is 1.39. The first kappa shape index (κ1) is 13.8. The van der Waals surface area contributed by atoms with Crippen molar-refractivity contribution in [2.75, 3.05) is 13.7 Å². The van der Waals surface area contributed by atoms with E-state index >= 15 is 0 Å². The predicted molar refractivity (Wildman–Crippen MR) is 95.6 cm³/mol. The second-order valence-electron chi connectivity index (χ2n) is 8.53. The number of nitrogens with zero attached hydrogens (tertiary/aromatic N) is 1. The minimum atomic E-state index is 0.589. The molecule has 3 fully saturated rings. The average Bonchev–Trinajstić information content (AvgIpc) is 3.02. The molecule has 1 N–H and O–H groups in total. The van der Waals surface area contributed by atoms with Crippen LogP contribution in [-0.4, -0.2) is 35.1 Å². The van der Waals surface area contributed by atoms with Crippen molar-refractivity contribution in [2.24, 2.45) is 17.8 Å². The van der Waals surface area contributed by atoms with Crippen LogP contribution < -0.4 is 4.74 Å². The topological polar surface area (TPSA) is 28.0 Å². The van der Waals surface area contributed by atoms with Crippen molar-refractivity contribution in [3.8, 4) is 5.75 Å². The second-order valence-corrected chi connectivity index (χ2v) is 8.53. The monoisotopic (exact) mass is 322 g/mol. The first-order chi connectivity index (χ1) is 11.7. The summed E-state index contributed by atoms with van der Waals surface area (Å²) in [5.74, 6) is 4.48. The molecule has 2 aromatic rings. The van der Waals surface area contributed by atoms with Crippen LogP contribution in [0.2, 0.25) is 0 Å². The van der Waals surface area contributed by atoms with E-state index in [0.29, 0.717) is 5.54 Å². The number of rotatable bonds is 2. The molecular weight excluding hydrogens is 296 g/mol. The molecule has 0 radical (unpaired) electrons. The molecule has 2 saturated carbocycles. The highest BCUT2D eigenvalue weighted by atomic mass is 16.5. The van der Waals surface area contributed by atoms with Gasteiger partial charge in [0.2, 0.25) is 0 Å². The molecule has 1 spiro atoms. The number of nitrogens with one attached hydrogen (secondary N) is 1. The smallest absolute Gasteiger partial charge is 0.119 e. The Balaban J connectivity index is 1.49. The third-order valence-electron chi connectivity index (χ3n) is 8.15. The number of hydrogen-bond donors (Lipinski definition) is 1. The fourth-order valence-electron chi connectivity index (χ4n) is 7.39. The number of benzene rings is 1. The summed E-state index contributed by atoms with van der Waals surface area (Å²) in [7, 11) is 1.76. The molecule has 3 heterocycles. The number of fused-ring (bicyclic) bond motifs is 4. The first-order valence-corrected chi connectivity index (χ1v) is 9.67. The fraction of sp³-hybridized carbons (Fsp3) is 0.619. The van der Waals surface area contributed by atoms with Crippen LogP contribution >= 0.6 is 0 Å². The number of ether oxygens (including phenoxy) is 1. The lowest BCUT2D eigenvalue weighted by Gasteiger charge is -2.51. The molecule has 1 saturated heterocycles. The highest BCUT2D eigenvalue weighted by Crippen LogP contribution is 2.76. The fourth-order valence-corrected chi connectivity index (χ4v) is 7.39. The zero-order chi connectivity index (χ0) is 16.2. The maximum Gasteiger partial charge on any atom is 0.119 e. The molecule has 2 unspecified atom stereocenters. The lowest BCUT2D eigenvalue weighted by molar-refractivity contribution is -0.00698. The normalized spacial score (nSPS) is 44.3. The third-order valence-corrected chi connectivity index (χ3v) is 8.15. The molecule has 3 nitrogen and oxygen atoms in total. The average molecular weight is 322 g/mol. The van der Waals surface area contributed by atoms with Crippen molar-refractivity contribution >= 4 is 10.9 Å². The van der Waals surface area contributed by atoms with Crippen LogP contribution in [0.15, 0.2) is 18.2 Å². The zero-order valence-corrected chi connectivity index (χ0v) is 14.8. The van der Waals surface area contributed by atoms with E-state index in [4.69, 9.17) is 4.74 Å². The maximum atomic E-state index is 5.47.